The molecular weight excluding hydrogens is 382 g/mol. The lowest BCUT2D eigenvalue weighted by Crippen LogP contribution is -2.38. The first kappa shape index (κ1) is 21.4. The van der Waals surface area contributed by atoms with Crippen molar-refractivity contribution >= 4 is 5.57 Å². The number of hydrogen-bond acceptors (Lipinski definition) is 3. The summed E-state index contributed by atoms with van der Waals surface area (Å²) in [6, 6.07) is 30.0. The number of benzene rings is 3. The average Bonchev–Trinajstić information content (AvgIpc) is 2.85. The third-order valence-electron chi connectivity index (χ3n) is 5.76. The van der Waals surface area contributed by atoms with Gasteiger partial charge in [0.2, 0.25) is 0 Å². The van der Waals surface area contributed by atoms with Crippen LogP contribution < -0.4 is 4.74 Å². The number of ether oxygens (including phenoxy) is 2. The van der Waals surface area contributed by atoms with E-state index in [-0.39, 0.29) is 0 Å². The Morgan fingerprint density at radius 1 is 0.806 bits per heavy atom. The van der Waals surface area contributed by atoms with Crippen molar-refractivity contribution in [3.05, 3.63) is 107 Å². The van der Waals surface area contributed by atoms with Crippen LogP contribution in [-0.2, 0) is 11.2 Å². The molecule has 0 N–H and O–H groups in total. The molecule has 3 heteroatoms. The van der Waals surface area contributed by atoms with E-state index in [0.29, 0.717) is 6.73 Å². The Labute approximate surface area is 185 Å². The highest BCUT2D eigenvalue weighted by Crippen LogP contribution is 2.31. The molecule has 1 aliphatic rings. The number of hydrogen-bond donors (Lipinski definition) is 0. The molecule has 160 valence electrons. The van der Waals surface area contributed by atoms with Crippen LogP contribution in [0.2, 0.25) is 0 Å². The van der Waals surface area contributed by atoms with Crippen molar-refractivity contribution < 1.29 is 9.47 Å². The summed E-state index contributed by atoms with van der Waals surface area (Å²) in [4.78, 5) is 2.28. The fraction of sp³-hybridized carbons (Fsp3) is 0.286. The number of allylic oxidation sites excluding steroid dienone is 1. The first-order chi connectivity index (χ1) is 15.3. The van der Waals surface area contributed by atoms with Crippen LogP contribution in [0.5, 0.6) is 5.75 Å². The van der Waals surface area contributed by atoms with Gasteiger partial charge in [-0.25, -0.2) is 0 Å². The molecule has 1 fully saturated rings. The maximum absolute atomic E-state index is 6.02. The van der Waals surface area contributed by atoms with Crippen molar-refractivity contribution in [1.29, 1.82) is 0 Å². The molecule has 3 aromatic rings. The Morgan fingerprint density at radius 3 is 2.06 bits per heavy atom. The lowest BCUT2D eigenvalue weighted by Gasteiger charge is -2.26. The summed E-state index contributed by atoms with van der Waals surface area (Å²) in [6.07, 6.45) is 1.96. The summed E-state index contributed by atoms with van der Waals surface area (Å²) < 4.78 is 11.4. The molecule has 0 aliphatic carbocycles. The summed E-state index contributed by atoms with van der Waals surface area (Å²) in [6.45, 7) is 6.29. The second kappa shape index (κ2) is 10.9. The Morgan fingerprint density at radius 2 is 1.42 bits per heavy atom. The second-order valence-corrected chi connectivity index (χ2v) is 7.89. The lowest BCUT2D eigenvalue weighted by atomic mass is 9.88. The lowest BCUT2D eigenvalue weighted by molar-refractivity contribution is 0.00407. The van der Waals surface area contributed by atoms with Crippen molar-refractivity contribution in [3.8, 4) is 5.75 Å². The van der Waals surface area contributed by atoms with E-state index in [1.54, 1.807) is 0 Å². The maximum atomic E-state index is 6.02. The van der Waals surface area contributed by atoms with E-state index in [1.165, 1.54) is 27.8 Å². The molecule has 0 bridgehead atoms. The standard InChI is InChI=1S/C28H31NO2/c1-2-24(21-23-9-5-3-6-10-23)28(25-11-7-4-8-12-25)26-13-15-27(16-14-26)31-22-29-17-19-30-20-18-29/h3-16H,2,17-22H2,1H3/b28-24-. The molecule has 1 heterocycles. The minimum atomic E-state index is 0.609. The highest BCUT2D eigenvalue weighted by atomic mass is 16.5. The van der Waals surface area contributed by atoms with Crippen LogP contribution >= 0.6 is 0 Å². The van der Waals surface area contributed by atoms with Gasteiger partial charge in [0.1, 0.15) is 12.5 Å². The maximum Gasteiger partial charge on any atom is 0.142 e. The van der Waals surface area contributed by atoms with Gasteiger partial charge in [-0.3, -0.25) is 4.90 Å². The van der Waals surface area contributed by atoms with Crippen LogP contribution in [0.1, 0.15) is 30.0 Å². The Hall–Kier alpha value is -2.88. The van der Waals surface area contributed by atoms with Gasteiger partial charge in [0, 0.05) is 13.1 Å². The number of nitrogens with zero attached hydrogens (tertiary/aromatic N) is 1. The third kappa shape index (κ3) is 5.84. The van der Waals surface area contributed by atoms with Gasteiger partial charge in [-0.2, -0.15) is 0 Å². The van der Waals surface area contributed by atoms with Crippen molar-refractivity contribution in [1.82, 2.24) is 4.90 Å². The van der Waals surface area contributed by atoms with E-state index in [1.807, 2.05) is 0 Å². The van der Waals surface area contributed by atoms with Crippen molar-refractivity contribution in [2.24, 2.45) is 0 Å². The van der Waals surface area contributed by atoms with Gasteiger partial charge >= 0.3 is 0 Å². The van der Waals surface area contributed by atoms with E-state index < -0.39 is 0 Å². The second-order valence-electron chi connectivity index (χ2n) is 7.89. The summed E-state index contributed by atoms with van der Waals surface area (Å²) in [5, 5.41) is 0. The van der Waals surface area contributed by atoms with Crippen molar-refractivity contribution in [2.45, 2.75) is 19.8 Å². The topological polar surface area (TPSA) is 21.7 Å². The highest BCUT2D eigenvalue weighted by molar-refractivity contribution is 5.82. The fourth-order valence-electron chi connectivity index (χ4n) is 4.03. The molecule has 3 aromatic carbocycles. The zero-order valence-corrected chi connectivity index (χ0v) is 18.3. The fourth-order valence-corrected chi connectivity index (χ4v) is 4.03. The van der Waals surface area contributed by atoms with Crippen LogP contribution in [0.4, 0.5) is 0 Å². The monoisotopic (exact) mass is 413 g/mol. The zero-order chi connectivity index (χ0) is 21.3. The van der Waals surface area contributed by atoms with Gasteiger partial charge in [-0.05, 0) is 47.2 Å². The van der Waals surface area contributed by atoms with Crippen LogP contribution in [0.15, 0.2) is 90.5 Å². The number of morpholine rings is 1. The number of rotatable bonds is 8. The molecule has 0 atom stereocenters. The molecule has 3 nitrogen and oxygen atoms in total. The van der Waals surface area contributed by atoms with E-state index >= 15 is 0 Å². The van der Waals surface area contributed by atoms with Gasteiger partial charge in [-0.1, -0.05) is 85.3 Å². The van der Waals surface area contributed by atoms with Gasteiger partial charge in [0.25, 0.3) is 0 Å². The average molecular weight is 414 g/mol. The van der Waals surface area contributed by atoms with Crippen LogP contribution in [0.3, 0.4) is 0 Å². The van der Waals surface area contributed by atoms with Gasteiger partial charge in [-0.15, -0.1) is 0 Å². The predicted molar refractivity (Wildman–Crippen MR) is 127 cm³/mol. The molecule has 0 spiro atoms. The highest BCUT2D eigenvalue weighted by Gasteiger charge is 2.13. The molecule has 0 aromatic heterocycles. The molecule has 1 saturated heterocycles. The summed E-state index contributed by atoms with van der Waals surface area (Å²) >= 11 is 0. The first-order valence-corrected chi connectivity index (χ1v) is 11.2. The summed E-state index contributed by atoms with van der Waals surface area (Å²) in [7, 11) is 0. The minimum Gasteiger partial charge on any atom is -0.478 e. The molecule has 0 amide bonds. The molecule has 4 rings (SSSR count). The summed E-state index contributed by atoms with van der Waals surface area (Å²) in [5.41, 5.74) is 6.61. The van der Waals surface area contributed by atoms with Crippen LogP contribution in [-0.4, -0.2) is 37.9 Å². The van der Waals surface area contributed by atoms with Gasteiger partial charge in [0.05, 0.1) is 13.2 Å². The SMILES string of the molecule is CC/C(Cc1ccccc1)=C(\c1ccccc1)c1ccc(OCN2CCOCC2)cc1. The van der Waals surface area contributed by atoms with Crippen molar-refractivity contribution in [3.63, 3.8) is 0 Å². The van der Waals surface area contributed by atoms with Crippen LogP contribution in [0, 0.1) is 0 Å². The normalized spacial score (nSPS) is 15.4. The third-order valence-corrected chi connectivity index (χ3v) is 5.76. The van der Waals surface area contributed by atoms with Gasteiger partial charge < -0.3 is 9.47 Å². The van der Waals surface area contributed by atoms with E-state index in [2.05, 4.69) is 96.8 Å². The smallest absolute Gasteiger partial charge is 0.142 e. The molecule has 0 unspecified atom stereocenters. The Bertz CT molecular complexity index is 959. The molecule has 0 radical (unpaired) electrons. The largest absolute Gasteiger partial charge is 0.478 e. The first-order valence-electron chi connectivity index (χ1n) is 11.2. The minimum absolute atomic E-state index is 0.609. The Balaban J connectivity index is 1.59. The predicted octanol–water partition coefficient (Wildman–Crippen LogP) is 5.81. The van der Waals surface area contributed by atoms with Gasteiger partial charge in [0.15, 0.2) is 0 Å². The van der Waals surface area contributed by atoms with Crippen molar-refractivity contribution in [2.75, 3.05) is 33.0 Å². The quantitative estimate of drug-likeness (QED) is 0.465. The van der Waals surface area contributed by atoms with E-state index in [4.69, 9.17) is 9.47 Å². The molecule has 0 saturated carbocycles. The Kier molecular flexibility index (Phi) is 7.54. The zero-order valence-electron chi connectivity index (χ0n) is 18.3. The molecule has 1 aliphatic heterocycles. The van der Waals surface area contributed by atoms with E-state index in [9.17, 15) is 0 Å². The summed E-state index contributed by atoms with van der Waals surface area (Å²) in [5.74, 6) is 0.906. The van der Waals surface area contributed by atoms with E-state index in [0.717, 1.165) is 44.9 Å². The molecular formula is C28H31NO2. The molecule has 31 heavy (non-hydrogen) atoms. The van der Waals surface area contributed by atoms with Crippen LogP contribution in [0.25, 0.3) is 5.57 Å².